The van der Waals surface area contributed by atoms with Crippen molar-refractivity contribution in [3.05, 3.63) is 0 Å². The number of nitrogens with one attached hydrogen (secondary N) is 1. The number of carbonyl (C=O) groups excluding carboxylic acids is 1. The van der Waals surface area contributed by atoms with Crippen LogP contribution in [0.2, 0.25) is 0 Å². The molecule has 2 aliphatic rings. The van der Waals surface area contributed by atoms with Crippen LogP contribution in [0.25, 0.3) is 0 Å². The summed E-state index contributed by atoms with van der Waals surface area (Å²) in [7, 11) is 0. The highest BCUT2D eigenvalue weighted by Gasteiger charge is 2.41. The monoisotopic (exact) mass is 268 g/mol. The van der Waals surface area contributed by atoms with Gasteiger partial charge in [0.05, 0.1) is 6.61 Å². The summed E-state index contributed by atoms with van der Waals surface area (Å²) in [4.78, 5) is 14.6. The fraction of sp³-hybridized carbons (Fsp3) is 0.933. The molecular weight excluding hydrogens is 240 g/mol. The van der Waals surface area contributed by atoms with E-state index in [-0.39, 0.29) is 5.97 Å². The van der Waals surface area contributed by atoms with Crippen molar-refractivity contribution in [1.29, 1.82) is 0 Å². The van der Waals surface area contributed by atoms with E-state index >= 15 is 0 Å². The van der Waals surface area contributed by atoms with Crippen molar-refractivity contribution in [1.82, 2.24) is 10.2 Å². The van der Waals surface area contributed by atoms with Crippen molar-refractivity contribution in [2.75, 3.05) is 32.8 Å². The van der Waals surface area contributed by atoms with Gasteiger partial charge in [-0.2, -0.15) is 0 Å². The van der Waals surface area contributed by atoms with Crippen LogP contribution in [0.15, 0.2) is 0 Å². The Kier molecular flexibility index (Phi) is 4.85. The topological polar surface area (TPSA) is 41.6 Å². The van der Waals surface area contributed by atoms with E-state index in [1.807, 2.05) is 20.8 Å². The molecule has 0 aromatic rings. The molecule has 1 aliphatic heterocycles. The summed E-state index contributed by atoms with van der Waals surface area (Å²) in [5.41, 5.74) is -0.566. The zero-order valence-corrected chi connectivity index (χ0v) is 12.6. The van der Waals surface area contributed by atoms with Crippen molar-refractivity contribution in [3.8, 4) is 0 Å². The van der Waals surface area contributed by atoms with Crippen molar-refractivity contribution < 1.29 is 9.53 Å². The molecule has 0 spiro atoms. The molecule has 0 amide bonds. The van der Waals surface area contributed by atoms with Crippen molar-refractivity contribution in [2.24, 2.45) is 11.8 Å². The molecule has 3 unspecified atom stereocenters. The predicted molar refractivity (Wildman–Crippen MR) is 76.0 cm³/mol. The molecule has 0 radical (unpaired) electrons. The number of fused-ring (bicyclic) bond motifs is 1. The van der Waals surface area contributed by atoms with Gasteiger partial charge >= 0.3 is 5.97 Å². The summed E-state index contributed by atoms with van der Waals surface area (Å²) in [6.45, 7) is 10.2. The Hall–Kier alpha value is -0.610. The molecule has 1 heterocycles. The molecule has 2 fully saturated rings. The second-order valence-electron chi connectivity index (χ2n) is 6.23. The number of esters is 1. The normalized spacial score (nSPS) is 30.1. The summed E-state index contributed by atoms with van der Waals surface area (Å²) in [5, 5.41) is 3.32. The highest BCUT2D eigenvalue weighted by molar-refractivity contribution is 5.80. The van der Waals surface area contributed by atoms with E-state index in [9.17, 15) is 4.79 Å². The Balaban J connectivity index is 1.94. The molecule has 1 aliphatic carbocycles. The average molecular weight is 268 g/mol. The quantitative estimate of drug-likeness (QED) is 0.744. The highest BCUT2D eigenvalue weighted by atomic mass is 16.5. The number of hydrogen-bond donors (Lipinski definition) is 1. The zero-order valence-electron chi connectivity index (χ0n) is 12.6. The Morgan fingerprint density at radius 2 is 1.95 bits per heavy atom. The molecular formula is C15H28N2O2. The first-order chi connectivity index (χ1) is 9.09. The average Bonchev–Trinajstić information content (AvgIpc) is 2.90. The van der Waals surface area contributed by atoms with Crippen LogP contribution in [-0.2, 0) is 9.53 Å². The van der Waals surface area contributed by atoms with Gasteiger partial charge in [-0.15, -0.1) is 0 Å². The molecule has 1 N–H and O–H groups in total. The SMILES string of the molecule is CCNC(C)(CN1CC2CCCC2C1)C(=O)OCC. The smallest absolute Gasteiger partial charge is 0.327 e. The number of carbonyl (C=O) groups is 1. The fourth-order valence-corrected chi connectivity index (χ4v) is 3.78. The Bertz CT molecular complexity index is 309. The number of likely N-dealkylation sites (N-methyl/N-ethyl adjacent to an activating group) is 1. The summed E-state index contributed by atoms with van der Waals surface area (Å²) in [6.07, 6.45) is 4.14. The molecule has 0 bridgehead atoms. The molecule has 3 atom stereocenters. The minimum absolute atomic E-state index is 0.117. The fourth-order valence-electron chi connectivity index (χ4n) is 3.78. The first-order valence-corrected chi connectivity index (χ1v) is 7.73. The van der Waals surface area contributed by atoms with Gasteiger partial charge in [-0.05, 0) is 45.1 Å². The van der Waals surface area contributed by atoms with Crippen molar-refractivity contribution in [3.63, 3.8) is 0 Å². The summed E-state index contributed by atoms with van der Waals surface area (Å²) in [6, 6.07) is 0. The lowest BCUT2D eigenvalue weighted by Gasteiger charge is -2.32. The lowest BCUT2D eigenvalue weighted by atomic mass is 10.0. The molecule has 4 nitrogen and oxygen atoms in total. The van der Waals surface area contributed by atoms with E-state index in [2.05, 4.69) is 10.2 Å². The summed E-state index contributed by atoms with van der Waals surface area (Å²) < 4.78 is 5.24. The van der Waals surface area contributed by atoms with Gasteiger partial charge in [0, 0.05) is 19.6 Å². The first kappa shape index (κ1) is 14.8. The van der Waals surface area contributed by atoms with Gasteiger partial charge in [-0.1, -0.05) is 13.3 Å². The van der Waals surface area contributed by atoms with E-state index < -0.39 is 5.54 Å². The largest absolute Gasteiger partial charge is 0.465 e. The second kappa shape index (κ2) is 6.23. The Labute approximate surface area is 116 Å². The van der Waals surface area contributed by atoms with Crippen LogP contribution in [0.5, 0.6) is 0 Å². The maximum absolute atomic E-state index is 12.2. The molecule has 4 heteroatoms. The van der Waals surface area contributed by atoms with Gasteiger partial charge in [0.15, 0.2) is 0 Å². The summed E-state index contributed by atoms with van der Waals surface area (Å²) >= 11 is 0. The third-order valence-electron chi connectivity index (χ3n) is 4.63. The Morgan fingerprint density at radius 1 is 1.32 bits per heavy atom. The van der Waals surface area contributed by atoms with Crippen LogP contribution in [0.4, 0.5) is 0 Å². The standard InChI is InChI=1S/C15H28N2O2/c1-4-16-15(3,14(18)19-5-2)11-17-9-12-7-6-8-13(12)10-17/h12-13,16H,4-11H2,1-3H3. The molecule has 19 heavy (non-hydrogen) atoms. The minimum atomic E-state index is -0.566. The second-order valence-corrected chi connectivity index (χ2v) is 6.23. The first-order valence-electron chi connectivity index (χ1n) is 7.73. The van der Waals surface area contributed by atoms with Crippen molar-refractivity contribution >= 4 is 5.97 Å². The third kappa shape index (κ3) is 3.29. The van der Waals surface area contributed by atoms with Gasteiger partial charge in [0.1, 0.15) is 5.54 Å². The van der Waals surface area contributed by atoms with Gasteiger partial charge in [0.2, 0.25) is 0 Å². The van der Waals surface area contributed by atoms with E-state index in [1.54, 1.807) is 0 Å². The highest BCUT2D eigenvalue weighted by Crippen LogP contribution is 2.38. The van der Waals surface area contributed by atoms with E-state index in [1.165, 1.54) is 19.3 Å². The number of rotatable bonds is 6. The minimum Gasteiger partial charge on any atom is -0.465 e. The van der Waals surface area contributed by atoms with Gasteiger partial charge in [0.25, 0.3) is 0 Å². The van der Waals surface area contributed by atoms with Crippen LogP contribution < -0.4 is 5.32 Å². The van der Waals surface area contributed by atoms with Crippen LogP contribution in [-0.4, -0.2) is 49.2 Å². The molecule has 0 aromatic heterocycles. The maximum atomic E-state index is 12.2. The van der Waals surface area contributed by atoms with Gasteiger partial charge < -0.3 is 15.0 Å². The van der Waals surface area contributed by atoms with Gasteiger partial charge in [-0.3, -0.25) is 4.79 Å². The van der Waals surface area contributed by atoms with E-state index in [0.717, 1.165) is 38.0 Å². The lowest BCUT2D eigenvalue weighted by molar-refractivity contribution is -0.151. The van der Waals surface area contributed by atoms with Crippen LogP contribution in [0.3, 0.4) is 0 Å². The van der Waals surface area contributed by atoms with E-state index in [4.69, 9.17) is 4.74 Å². The summed E-state index contributed by atoms with van der Waals surface area (Å²) in [5.74, 6) is 1.62. The predicted octanol–water partition coefficient (Wildman–Crippen LogP) is 1.65. The van der Waals surface area contributed by atoms with Crippen LogP contribution in [0.1, 0.15) is 40.0 Å². The number of likely N-dealkylation sites (tertiary alicyclic amines) is 1. The van der Waals surface area contributed by atoms with Crippen molar-refractivity contribution in [2.45, 2.75) is 45.6 Å². The maximum Gasteiger partial charge on any atom is 0.327 e. The molecule has 2 rings (SSSR count). The molecule has 110 valence electrons. The number of hydrogen-bond acceptors (Lipinski definition) is 4. The third-order valence-corrected chi connectivity index (χ3v) is 4.63. The number of nitrogens with zero attached hydrogens (tertiary/aromatic N) is 1. The molecule has 1 saturated heterocycles. The molecule has 0 aromatic carbocycles. The van der Waals surface area contributed by atoms with Gasteiger partial charge in [-0.25, -0.2) is 0 Å². The zero-order chi connectivity index (χ0) is 13.9. The lowest BCUT2D eigenvalue weighted by Crippen LogP contribution is -2.57. The van der Waals surface area contributed by atoms with E-state index in [0.29, 0.717) is 6.61 Å². The Morgan fingerprint density at radius 3 is 2.47 bits per heavy atom. The van der Waals surface area contributed by atoms with Crippen LogP contribution in [0, 0.1) is 11.8 Å². The number of ether oxygens (including phenoxy) is 1. The van der Waals surface area contributed by atoms with Crippen LogP contribution >= 0.6 is 0 Å². The molecule has 1 saturated carbocycles.